The van der Waals surface area contributed by atoms with Gasteiger partial charge in [-0.05, 0) is 32.4 Å². The Morgan fingerprint density at radius 2 is 1.44 bits per heavy atom. The molecule has 4 nitrogen and oxygen atoms in total. The van der Waals surface area contributed by atoms with Crippen LogP contribution in [0.5, 0.6) is 0 Å². The van der Waals surface area contributed by atoms with Gasteiger partial charge in [0.15, 0.2) is 5.76 Å². The first-order valence-electron chi connectivity index (χ1n) is 8.04. The molecule has 0 aliphatic carbocycles. The van der Waals surface area contributed by atoms with Gasteiger partial charge in [-0.25, -0.2) is 0 Å². The lowest BCUT2D eigenvalue weighted by atomic mass is 9.98. The van der Waals surface area contributed by atoms with Crippen molar-refractivity contribution >= 4 is 17.8 Å². The topological polar surface area (TPSA) is 52.6 Å². The molecule has 130 valence electrons. The minimum atomic E-state index is -0.629. The number of hydrogen-bond acceptors (Lipinski definition) is 4. The molecule has 2 aromatic rings. The fourth-order valence-electron chi connectivity index (χ4n) is 1.97. The number of benzene rings is 2. The highest BCUT2D eigenvalue weighted by Gasteiger charge is 2.23. The van der Waals surface area contributed by atoms with Gasteiger partial charge < -0.3 is 9.47 Å². The van der Waals surface area contributed by atoms with E-state index in [0.29, 0.717) is 5.56 Å². The van der Waals surface area contributed by atoms with Crippen LogP contribution in [0.4, 0.5) is 0 Å². The summed E-state index contributed by atoms with van der Waals surface area (Å²) in [6.45, 7) is 4.95. The molecule has 25 heavy (non-hydrogen) atoms. The molecule has 0 bridgehead atoms. The van der Waals surface area contributed by atoms with Crippen LogP contribution < -0.4 is 0 Å². The Balaban J connectivity index is 2.17. The number of esters is 1. The van der Waals surface area contributed by atoms with Gasteiger partial charge in [-0.15, -0.1) is 0 Å². The van der Waals surface area contributed by atoms with E-state index in [1.807, 2.05) is 36.4 Å². The maximum atomic E-state index is 12.7. The summed E-state index contributed by atoms with van der Waals surface area (Å²) >= 11 is 0. The summed E-state index contributed by atoms with van der Waals surface area (Å²) in [6.07, 6.45) is 1.64. The molecule has 0 spiro atoms. The predicted molar refractivity (Wildman–Crippen MR) is 96.7 cm³/mol. The minimum absolute atomic E-state index is 0.124. The minimum Gasteiger partial charge on any atom is -0.453 e. The average molecular weight is 338 g/mol. The molecule has 4 heteroatoms. The number of hydrogen-bond donors (Lipinski definition) is 0. The molecule has 0 aromatic heterocycles. The van der Waals surface area contributed by atoms with Crippen LogP contribution in [-0.2, 0) is 14.3 Å². The number of allylic oxidation sites excluding steroid dienone is 1. The zero-order valence-electron chi connectivity index (χ0n) is 14.7. The van der Waals surface area contributed by atoms with Gasteiger partial charge in [0.2, 0.25) is 12.6 Å². The SMILES string of the molecule is CC(C)(C)C(=O)OCOC(=Cc1ccccc1)C(=O)c1ccccc1. The van der Waals surface area contributed by atoms with Crippen LogP contribution in [-0.4, -0.2) is 18.5 Å². The molecular weight excluding hydrogens is 316 g/mol. The molecule has 2 aromatic carbocycles. The second kappa shape index (κ2) is 8.29. The average Bonchev–Trinajstić information content (AvgIpc) is 2.61. The van der Waals surface area contributed by atoms with Crippen molar-refractivity contribution < 1.29 is 19.1 Å². The van der Waals surface area contributed by atoms with Gasteiger partial charge in [0.1, 0.15) is 0 Å². The number of Topliss-reactive ketones (excluding diaryl/α,β-unsaturated/α-hetero) is 1. The highest BCUT2D eigenvalue weighted by atomic mass is 16.7. The molecule has 2 rings (SSSR count). The highest BCUT2D eigenvalue weighted by Crippen LogP contribution is 2.17. The summed E-state index contributed by atoms with van der Waals surface area (Å²) in [5.74, 6) is -0.533. The van der Waals surface area contributed by atoms with E-state index in [-0.39, 0.29) is 18.3 Å². The summed E-state index contributed by atoms with van der Waals surface area (Å²) in [4.78, 5) is 24.5. The van der Waals surface area contributed by atoms with Crippen molar-refractivity contribution in [2.75, 3.05) is 6.79 Å². The smallest absolute Gasteiger partial charge is 0.314 e. The molecule has 0 atom stereocenters. The summed E-state index contributed by atoms with van der Waals surface area (Å²) in [5.41, 5.74) is 0.701. The summed E-state index contributed by atoms with van der Waals surface area (Å²) in [7, 11) is 0. The van der Waals surface area contributed by atoms with Gasteiger partial charge in [0.25, 0.3) is 0 Å². The second-order valence-corrected chi connectivity index (χ2v) is 6.56. The number of carbonyl (C=O) groups excluding carboxylic acids is 2. The second-order valence-electron chi connectivity index (χ2n) is 6.56. The molecular formula is C21H22O4. The van der Waals surface area contributed by atoms with E-state index >= 15 is 0 Å². The zero-order chi connectivity index (χ0) is 18.3. The summed E-state index contributed by atoms with van der Waals surface area (Å²) < 4.78 is 10.6. The van der Waals surface area contributed by atoms with E-state index in [9.17, 15) is 9.59 Å². The predicted octanol–water partition coefficient (Wildman–Crippen LogP) is 4.47. The normalized spacial score (nSPS) is 11.7. The van der Waals surface area contributed by atoms with E-state index in [2.05, 4.69) is 0 Å². The lowest BCUT2D eigenvalue weighted by Crippen LogP contribution is -2.24. The van der Waals surface area contributed by atoms with Crippen LogP contribution in [0.25, 0.3) is 6.08 Å². The number of carbonyl (C=O) groups is 2. The number of ketones is 1. The molecule has 0 radical (unpaired) electrons. The lowest BCUT2D eigenvalue weighted by molar-refractivity contribution is -0.162. The van der Waals surface area contributed by atoms with Crippen LogP contribution in [0, 0.1) is 5.41 Å². The van der Waals surface area contributed by atoms with Crippen LogP contribution in [0.1, 0.15) is 36.7 Å². The standard InChI is InChI=1S/C21H22O4/c1-21(2,3)20(23)25-15-24-18(14-16-10-6-4-7-11-16)19(22)17-12-8-5-9-13-17/h4-14H,15H2,1-3H3. The van der Waals surface area contributed by atoms with Crippen LogP contribution in [0.15, 0.2) is 66.4 Å². The molecule has 0 fully saturated rings. The Morgan fingerprint density at radius 3 is 2.00 bits per heavy atom. The Morgan fingerprint density at radius 1 is 0.880 bits per heavy atom. The first-order chi connectivity index (χ1) is 11.9. The van der Waals surface area contributed by atoms with Crippen molar-refractivity contribution in [1.29, 1.82) is 0 Å². The maximum absolute atomic E-state index is 12.7. The van der Waals surface area contributed by atoms with Crippen molar-refractivity contribution in [3.8, 4) is 0 Å². The van der Waals surface area contributed by atoms with Crippen molar-refractivity contribution in [1.82, 2.24) is 0 Å². The Hall–Kier alpha value is -2.88. The zero-order valence-corrected chi connectivity index (χ0v) is 14.7. The molecule has 0 saturated carbocycles. The van der Waals surface area contributed by atoms with Crippen molar-refractivity contribution in [3.05, 3.63) is 77.5 Å². The van der Waals surface area contributed by atoms with Gasteiger partial charge in [-0.3, -0.25) is 9.59 Å². The van der Waals surface area contributed by atoms with Gasteiger partial charge in [0.05, 0.1) is 5.41 Å². The fraction of sp³-hybridized carbons (Fsp3) is 0.238. The van der Waals surface area contributed by atoms with Gasteiger partial charge in [-0.1, -0.05) is 60.7 Å². The maximum Gasteiger partial charge on any atom is 0.314 e. The van der Waals surface area contributed by atoms with Crippen LogP contribution in [0.3, 0.4) is 0 Å². The molecule has 0 unspecified atom stereocenters. The Labute approximate surface area is 148 Å². The van der Waals surface area contributed by atoms with E-state index in [1.165, 1.54) is 0 Å². The summed E-state index contributed by atoms with van der Waals surface area (Å²) in [5, 5.41) is 0. The van der Waals surface area contributed by atoms with Gasteiger partial charge in [0, 0.05) is 5.56 Å². The monoisotopic (exact) mass is 338 g/mol. The molecule has 0 aliphatic heterocycles. The first-order valence-corrected chi connectivity index (χ1v) is 8.04. The first kappa shape index (κ1) is 18.5. The third kappa shape index (κ3) is 5.60. The molecule has 0 saturated heterocycles. The molecule has 0 heterocycles. The Kier molecular flexibility index (Phi) is 6.12. The van der Waals surface area contributed by atoms with Crippen molar-refractivity contribution in [2.24, 2.45) is 5.41 Å². The lowest BCUT2D eigenvalue weighted by Gasteiger charge is -2.17. The van der Waals surface area contributed by atoms with E-state index in [1.54, 1.807) is 51.1 Å². The number of ether oxygens (including phenoxy) is 2. The fourth-order valence-corrected chi connectivity index (χ4v) is 1.97. The highest BCUT2D eigenvalue weighted by molar-refractivity contribution is 6.09. The third-order valence-corrected chi connectivity index (χ3v) is 3.37. The van der Waals surface area contributed by atoms with E-state index in [0.717, 1.165) is 5.56 Å². The van der Waals surface area contributed by atoms with Crippen molar-refractivity contribution in [3.63, 3.8) is 0 Å². The van der Waals surface area contributed by atoms with Gasteiger partial charge in [-0.2, -0.15) is 0 Å². The van der Waals surface area contributed by atoms with Gasteiger partial charge >= 0.3 is 5.97 Å². The molecule has 0 amide bonds. The summed E-state index contributed by atoms with van der Waals surface area (Å²) in [6, 6.07) is 18.2. The molecule has 0 aliphatic rings. The third-order valence-electron chi connectivity index (χ3n) is 3.37. The number of rotatable bonds is 6. The Bertz CT molecular complexity index is 740. The largest absolute Gasteiger partial charge is 0.453 e. The van der Waals surface area contributed by atoms with Crippen LogP contribution in [0.2, 0.25) is 0 Å². The van der Waals surface area contributed by atoms with Crippen molar-refractivity contribution in [2.45, 2.75) is 20.8 Å². The van der Waals surface area contributed by atoms with Crippen LogP contribution >= 0.6 is 0 Å². The van der Waals surface area contributed by atoms with E-state index < -0.39 is 11.4 Å². The molecule has 0 N–H and O–H groups in total. The van der Waals surface area contributed by atoms with E-state index in [4.69, 9.17) is 9.47 Å². The quantitative estimate of drug-likeness (QED) is 0.256.